The van der Waals surface area contributed by atoms with Crippen molar-refractivity contribution >= 4 is 0 Å². The number of hydrogen-bond acceptors (Lipinski definition) is 3. The number of hydrogen-bond donors (Lipinski definition) is 1. The van der Waals surface area contributed by atoms with Crippen LogP contribution in [-0.4, -0.2) is 21.3 Å². The summed E-state index contributed by atoms with van der Waals surface area (Å²) in [5.41, 5.74) is 0. The zero-order chi connectivity index (χ0) is 13.5. The molecule has 0 saturated carbocycles. The first kappa shape index (κ1) is 13.6. The van der Waals surface area contributed by atoms with Gasteiger partial charge in [0.25, 0.3) is 0 Å². The van der Waals surface area contributed by atoms with Gasteiger partial charge in [-0.25, -0.2) is 4.98 Å². The van der Waals surface area contributed by atoms with Gasteiger partial charge in [0.05, 0.1) is 6.61 Å². The molecule has 0 aliphatic carbocycles. The molecule has 1 heterocycles. The summed E-state index contributed by atoms with van der Waals surface area (Å²) >= 11 is 0. The Morgan fingerprint density at radius 2 is 2.11 bits per heavy atom. The van der Waals surface area contributed by atoms with E-state index < -0.39 is 6.10 Å². The second kappa shape index (κ2) is 6.95. The Morgan fingerprint density at radius 3 is 2.84 bits per heavy atom. The van der Waals surface area contributed by atoms with Crippen LogP contribution in [0.15, 0.2) is 42.7 Å². The molecule has 1 aromatic heterocycles. The molecule has 4 heteroatoms. The molecule has 1 N–H and O–H groups in total. The van der Waals surface area contributed by atoms with Gasteiger partial charge in [-0.3, -0.25) is 0 Å². The molecule has 1 unspecified atom stereocenters. The van der Waals surface area contributed by atoms with Crippen molar-refractivity contribution in [2.24, 2.45) is 0 Å². The zero-order valence-electron chi connectivity index (χ0n) is 11.2. The summed E-state index contributed by atoms with van der Waals surface area (Å²) in [4.78, 5) is 4.22. The van der Waals surface area contributed by atoms with Gasteiger partial charge >= 0.3 is 0 Å². The highest BCUT2D eigenvalue weighted by molar-refractivity contribution is 5.20. The summed E-state index contributed by atoms with van der Waals surface area (Å²) in [5.74, 6) is 1.55. The van der Waals surface area contributed by atoms with Crippen molar-refractivity contribution in [3.05, 3.63) is 48.5 Å². The van der Waals surface area contributed by atoms with Crippen LogP contribution in [0.3, 0.4) is 0 Å². The largest absolute Gasteiger partial charge is 0.493 e. The topological polar surface area (TPSA) is 47.3 Å². The van der Waals surface area contributed by atoms with Crippen molar-refractivity contribution in [2.45, 2.75) is 32.4 Å². The first-order chi connectivity index (χ1) is 9.31. The second-order valence-electron chi connectivity index (χ2n) is 4.44. The molecule has 0 aliphatic rings. The minimum atomic E-state index is -0.578. The molecular weight excluding hydrogens is 240 g/mol. The van der Waals surface area contributed by atoms with Crippen LogP contribution in [0.5, 0.6) is 5.75 Å². The molecule has 1 atom stereocenters. The number of aromatic nitrogens is 2. The lowest BCUT2D eigenvalue weighted by Gasteiger charge is -2.13. The number of nitrogens with zero attached hydrogens (tertiary/aromatic N) is 2. The predicted molar refractivity (Wildman–Crippen MR) is 74.0 cm³/mol. The summed E-state index contributed by atoms with van der Waals surface area (Å²) in [6, 6.07) is 9.62. The molecule has 4 nitrogen and oxygen atoms in total. The van der Waals surface area contributed by atoms with Crippen LogP contribution in [0.1, 0.15) is 31.7 Å². The molecule has 0 spiro atoms. The highest BCUT2D eigenvalue weighted by Crippen LogP contribution is 2.16. The van der Waals surface area contributed by atoms with E-state index in [9.17, 15) is 5.11 Å². The van der Waals surface area contributed by atoms with Gasteiger partial charge in [0.2, 0.25) is 0 Å². The molecule has 0 aliphatic heterocycles. The fourth-order valence-corrected chi connectivity index (χ4v) is 1.98. The molecule has 0 saturated heterocycles. The van der Waals surface area contributed by atoms with E-state index in [1.54, 1.807) is 6.20 Å². The lowest BCUT2D eigenvalue weighted by molar-refractivity contribution is 0.129. The normalized spacial score (nSPS) is 12.3. The van der Waals surface area contributed by atoms with E-state index in [1.165, 1.54) is 0 Å². The van der Waals surface area contributed by atoms with E-state index in [0.717, 1.165) is 24.5 Å². The molecule has 2 rings (SSSR count). The van der Waals surface area contributed by atoms with Gasteiger partial charge in [-0.05, 0) is 18.6 Å². The number of aryl methyl sites for hydroxylation is 1. The molecule has 0 bridgehead atoms. The SMILES string of the molecule is CCCn1ccnc1C(O)CCOc1ccccc1. The van der Waals surface area contributed by atoms with Gasteiger partial charge in [0.15, 0.2) is 0 Å². The van der Waals surface area contributed by atoms with Crippen LogP contribution >= 0.6 is 0 Å². The van der Waals surface area contributed by atoms with E-state index in [4.69, 9.17) is 4.74 Å². The first-order valence-corrected chi connectivity index (χ1v) is 6.68. The Labute approximate surface area is 113 Å². The number of benzene rings is 1. The van der Waals surface area contributed by atoms with Gasteiger partial charge in [-0.15, -0.1) is 0 Å². The van der Waals surface area contributed by atoms with Crippen molar-refractivity contribution < 1.29 is 9.84 Å². The number of para-hydroxylation sites is 1. The van der Waals surface area contributed by atoms with Crippen LogP contribution in [0.4, 0.5) is 0 Å². The van der Waals surface area contributed by atoms with Crippen molar-refractivity contribution in [1.29, 1.82) is 0 Å². The summed E-state index contributed by atoms with van der Waals surface area (Å²) in [6.45, 7) is 3.46. The minimum absolute atomic E-state index is 0.476. The zero-order valence-corrected chi connectivity index (χ0v) is 11.2. The molecule has 2 aromatic rings. The summed E-state index contributed by atoms with van der Waals surface area (Å²) in [5, 5.41) is 10.1. The van der Waals surface area contributed by atoms with Gasteiger partial charge in [-0.2, -0.15) is 0 Å². The van der Waals surface area contributed by atoms with Gasteiger partial charge in [-0.1, -0.05) is 25.1 Å². The molecule has 102 valence electrons. The third kappa shape index (κ3) is 3.83. The number of rotatable bonds is 7. The highest BCUT2D eigenvalue weighted by Gasteiger charge is 2.13. The minimum Gasteiger partial charge on any atom is -0.493 e. The maximum absolute atomic E-state index is 10.1. The Bertz CT molecular complexity index is 482. The standard InChI is InChI=1S/C15H20N2O2/c1-2-10-17-11-9-16-15(17)14(18)8-12-19-13-6-4-3-5-7-13/h3-7,9,11,14,18H,2,8,10,12H2,1H3. The molecule has 1 aromatic carbocycles. The van der Waals surface area contributed by atoms with Gasteiger partial charge in [0, 0.05) is 25.4 Å². The van der Waals surface area contributed by atoms with Crippen LogP contribution in [0.25, 0.3) is 0 Å². The second-order valence-corrected chi connectivity index (χ2v) is 4.44. The molecule has 19 heavy (non-hydrogen) atoms. The number of imidazole rings is 1. The lowest BCUT2D eigenvalue weighted by Crippen LogP contribution is -2.11. The molecule has 0 radical (unpaired) electrons. The predicted octanol–water partition coefficient (Wildman–Crippen LogP) is 2.80. The van der Waals surface area contributed by atoms with E-state index in [0.29, 0.717) is 13.0 Å². The summed E-state index contributed by atoms with van der Waals surface area (Å²) in [6.07, 6.45) is 4.61. The lowest BCUT2D eigenvalue weighted by atomic mass is 10.2. The summed E-state index contributed by atoms with van der Waals surface area (Å²) in [7, 11) is 0. The van der Waals surface area contributed by atoms with Gasteiger partial charge in [0.1, 0.15) is 17.7 Å². The van der Waals surface area contributed by atoms with Crippen LogP contribution in [-0.2, 0) is 6.54 Å². The Kier molecular flexibility index (Phi) is 4.98. The fraction of sp³-hybridized carbons (Fsp3) is 0.400. The number of aliphatic hydroxyl groups is 1. The van der Waals surface area contributed by atoms with Crippen molar-refractivity contribution in [1.82, 2.24) is 9.55 Å². The van der Waals surface area contributed by atoms with Crippen LogP contribution in [0.2, 0.25) is 0 Å². The monoisotopic (exact) mass is 260 g/mol. The number of ether oxygens (including phenoxy) is 1. The molecule has 0 amide bonds. The Hall–Kier alpha value is -1.81. The number of aliphatic hydroxyl groups excluding tert-OH is 1. The van der Waals surface area contributed by atoms with Crippen LogP contribution in [0, 0.1) is 0 Å². The molecule has 0 fully saturated rings. The third-order valence-electron chi connectivity index (χ3n) is 2.91. The first-order valence-electron chi connectivity index (χ1n) is 6.68. The van der Waals surface area contributed by atoms with E-state index in [1.807, 2.05) is 41.1 Å². The average Bonchev–Trinajstić information content (AvgIpc) is 2.89. The maximum atomic E-state index is 10.1. The fourth-order valence-electron chi connectivity index (χ4n) is 1.98. The molecular formula is C15H20N2O2. The van der Waals surface area contributed by atoms with E-state index in [-0.39, 0.29) is 0 Å². The smallest absolute Gasteiger partial charge is 0.137 e. The quantitative estimate of drug-likeness (QED) is 0.832. The van der Waals surface area contributed by atoms with E-state index >= 15 is 0 Å². The van der Waals surface area contributed by atoms with Gasteiger partial charge < -0.3 is 14.4 Å². The average molecular weight is 260 g/mol. The Morgan fingerprint density at radius 1 is 1.32 bits per heavy atom. The van der Waals surface area contributed by atoms with Crippen LogP contribution < -0.4 is 4.74 Å². The van der Waals surface area contributed by atoms with E-state index in [2.05, 4.69) is 11.9 Å². The van der Waals surface area contributed by atoms with Crippen molar-refractivity contribution in [2.75, 3.05) is 6.61 Å². The maximum Gasteiger partial charge on any atom is 0.137 e. The van der Waals surface area contributed by atoms with Crippen molar-refractivity contribution in [3.63, 3.8) is 0 Å². The Balaban J connectivity index is 1.84. The highest BCUT2D eigenvalue weighted by atomic mass is 16.5. The van der Waals surface area contributed by atoms with Crippen molar-refractivity contribution in [3.8, 4) is 5.75 Å². The summed E-state index contributed by atoms with van der Waals surface area (Å²) < 4.78 is 7.57. The third-order valence-corrected chi connectivity index (χ3v) is 2.91.